The van der Waals surface area contributed by atoms with Crippen LogP contribution < -0.4 is 0 Å². The van der Waals surface area contributed by atoms with Crippen molar-refractivity contribution < 1.29 is 22.0 Å². The topological polar surface area (TPSA) is 0 Å². The SMILES string of the molecule is FC(F)(F)C(F)(F)c1ccc(C#Cc2ccccc2)s1. The molecule has 0 atom stereocenters. The molecule has 0 amide bonds. The number of hydrogen-bond donors (Lipinski definition) is 0. The predicted octanol–water partition coefficient (Wildman–Crippen LogP) is 4.80. The van der Waals surface area contributed by atoms with Crippen molar-refractivity contribution in [1.29, 1.82) is 0 Å². The van der Waals surface area contributed by atoms with Crippen molar-refractivity contribution in [1.82, 2.24) is 0 Å². The van der Waals surface area contributed by atoms with Crippen LogP contribution in [0.15, 0.2) is 42.5 Å². The lowest BCUT2D eigenvalue weighted by atomic mass is 10.2. The van der Waals surface area contributed by atoms with E-state index in [4.69, 9.17) is 0 Å². The summed E-state index contributed by atoms with van der Waals surface area (Å²) >= 11 is 0.342. The smallest absolute Gasteiger partial charge is 0.190 e. The van der Waals surface area contributed by atoms with Gasteiger partial charge in [-0.3, -0.25) is 0 Å². The molecule has 0 bridgehead atoms. The van der Waals surface area contributed by atoms with E-state index in [0.717, 1.165) is 12.1 Å². The summed E-state index contributed by atoms with van der Waals surface area (Å²) in [5.74, 6) is 0.429. The Kier molecular flexibility index (Phi) is 3.82. The molecule has 0 spiro atoms. The molecule has 1 heterocycles. The zero-order chi connectivity index (χ0) is 14.8. The number of benzene rings is 1. The third-order valence-electron chi connectivity index (χ3n) is 2.38. The van der Waals surface area contributed by atoms with Crippen LogP contribution in [0.5, 0.6) is 0 Å². The minimum absolute atomic E-state index is 0.160. The molecule has 2 rings (SSSR count). The van der Waals surface area contributed by atoms with Crippen molar-refractivity contribution in [3.63, 3.8) is 0 Å². The van der Waals surface area contributed by atoms with Crippen molar-refractivity contribution in [2.24, 2.45) is 0 Å². The molecule has 0 N–H and O–H groups in total. The summed E-state index contributed by atoms with van der Waals surface area (Å²) < 4.78 is 62.8. The number of hydrogen-bond acceptors (Lipinski definition) is 1. The molecule has 20 heavy (non-hydrogen) atoms. The van der Waals surface area contributed by atoms with Gasteiger partial charge in [0.2, 0.25) is 0 Å². The van der Waals surface area contributed by atoms with E-state index in [1.807, 2.05) is 0 Å². The second-order valence-electron chi connectivity index (χ2n) is 3.85. The number of alkyl halides is 5. The first-order valence-electron chi connectivity index (χ1n) is 5.42. The van der Waals surface area contributed by atoms with Crippen molar-refractivity contribution in [2.45, 2.75) is 12.1 Å². The van der Waals surface area contributed by atoms with Crippen LogP contribution in [0, 0.1) is 11.8 Å². The Morgan fingerprint density at radius 2 is 1.45 bits per heavy atom. The largest absolute Gasteiger partial charge is 0.458 e. The van der Waals surface area contributed by atoms with Crippen molar-refractivity contribution in [2.75, 3.05) is 0 Å². The molecule has 104 valence electrons. The van der Waals surface area contributed by atoms with Gasteiger partial charge in [-0.25, -0.2) is 0 Å². The Balaban J connectivity index is 2.25. The van der Waals surface area contributed by atoms with Crippen molar-refractivity contribution in [3.8, 4) is 11.8 Å². The number of rotatable bonds is 1. The molecular weight excluding hydrogens is 295 g/mol. The molecule has 0 aliphatic heterocycles. The summed E-state index contributed by atoms with van der Waals surface area (Å²) in [6, 6.07) is 10.6. The lowest BCUT2D eigenvalue weighted by Gasteiger charge is -2.17. The minimum atomic E-state index is -5.60. The van der Waals surface area contributed by atoms with Gasteiger partial charge in [0.15, 0.2) is 0 Å². The van der Waals surface area contributed by atoms with E-state index in [1.54, 1.807) is 30.3 Å². The van der Waals surface area contributed by atoms with E-state index in [2.05, 4.69) is 11.8 Å². The van der Waals surface area contributed by atoms with Crippen LogP contribution in [-0.2, 0) is 5.92 Å². The Bertz CT molecular complexity index is 643. The maximum Gasteiger partial charge on any atom is 0.458 e. The van der Waals surface area contributed by atoms with Gasteiger partial charge in [-0.05, 0) is 24.3 Å². The highest BCUT2D eigenvalue weighted by atomic mass is 32.1. The Hall–Kier alpha value is -1.87. The Labute approximate surface area is 115 Å². The second kappa shape index (κ2) is 5.25. The molecule has 0 fully saturated rings. The highest BCUT2D eigenvalue weighted by Gasteiger charge is 2.59. The molecule has 1 aromatic carbocycles. The fraction of sp³-hybridized carbons (Fsp3) is 0.143. The van der Waals surface area contributed by atoms with Gasteiger partial charge in [0.05, 0.1) is 9.75 Å². The molecule has 0 saturated heterocycles. The van der Waals surface area contributed by atoms with Crippen LogP contribution in [0.25, 0.3) is 0 Å². The third kappa shape index (κ3) is 2.99. The van der Waals surface area contributed by atoms with Gasteiger partial charge in [0, 0.05) is 5.56 Å². The minimum Gasteiger partial charge on any atom is -0.190 e. The van der Waals surface area contributed by atoms with Gasteiger partial charge < -0.3 is 0 Å². The van der Waals surface area contributed by atoms with Gasteiger partial charge in [0.1, 0.15) is 0 Å². The van der Waals surface area contributed by atoms with Crippen LogP contribution in [0.1, 0.15) is 15.3 Å². The summed E-state index contributed by atoms with van der Waals surface area (Å²) in [6.45, 7) is 0. The highest BCUT2D eigenvalue weighted by Crippen LogP contribution is 2.46. The number of thiophene rings is 1. The normalized spacial score (nSPS) is 11.8. The molecular formula is C14H7F5S. The lowest BCUT2D eigenvalue weighted by Crippen LogP contribution is -2.32. The van der Waals surface area contributed by atoms with Gasteiger partial charge >= 0.3 is 12.1 Å². The van der Waals surface area contributed by atoms with Crippen molar-refractivity contribution >= 4 is 11.3 Å². The Morgan fingerprint density at radius 3 is 2.05 bits per heavy atom. The van der Waals surface area contributed by atoms with E-state index in [9.17, 15) is 22.0 Å². The first kappa shape index (κ1) is 14.5. The molecule has 0 saturated carbocycles. The molecule has 0 aliphatic rings. The van der Waals surface area contributed by atoms with Crippen LogP contribution in [0.3, 0.4) is 0 Å². The van der Waals surface area contributed by atoms with Crippen LogP contribution in [0.2, 0.25) is 0 Å². The maximum atomic E-state index is 13.1. The van der Waals surface area contributed by atoms with Crippen LogP contribution >= 0.6 is 11.3 Å². The van der Waals surface area contributed by atoms with Gasteiger partial charge in [-0.15, -0.1) is 11.3 Å². The van der Waals surface area contributed by atoms with Gasteiger partial charge in [-0.1, -0.05) is 30.0 Å². The molecule has 1 aromatic heterocycles. The second-order valence-corrected chi connectivity index (χ2v) is 4.94. The molecule has 2 aromatic rings. The maximum absolute atomic E-state index is 13.1. The first-order valence-corrected chi connectivity index (χ1v) is 6.24. The fourth-order valence-electron chi connectivity index (χ4n) is 1.37. The van der Waals surface area contributed by atoms with E-state index in [1.165, 1.54) is 0 Å². The quantitative estimate of drug-likeness (QED) is 0.524. The lowest BCUT2D eigenvalue weighted by molar-refractivity contribution is -0.287. The van der Waals surface area contributed by atoms with E-state index in [0.29, 0.717) is 16.9 Å². The zero-order valence-electron chi connectivity index (χ0n) is 9.84. The van der Waals surface area contributed by atoms with Crippen LogP contribution in [0.4, 0.5) is 22.0 Å². The average Bonchev–Trinajstić information content (AvgIpc) is 2.85. The van der Waals surface area contributed by atoms with Crippen LogP contribution in [-0.4, -0.2) is 6.18 Å². The van der Waals surface area contributed by atoms with Crippen molar-refractivity contribution in [3.05, 3.63) is 57.8 Å². The first-order chi connectivity index (χ1) is 9.30. The molecule has 0 radical (unpaired) electrons. The average molecular weight is 302 g/mol. The van der Waals surface area contributed by atoms with E-state index < -0.39 is 17.0 Å². The summed E-state index contributed by atoms with van der Waals surface area (Å²) in [6.07, 6.45) is -5.60. The summed E-state index contributed by atoms with van der Waals surface area (Å²) in [7, 11) is 0. The molecule has 0 unspecified atom stereocenters. The third-order valence-corrected chi connectivity index (χ3v) is 3.45. The molecule has 0 aliphatic carbocycles. The molecule has 0 nitrogen and oxygen atoms in total. The van der Waals surface area contributed by atoms with Gasteiger partial charge in [-0.2, -0.15) is 22.0 Å². The van der Waals surface area contributed by atoms with Gasteiger partial charge in [0.25, 0.3) is 0 Å². The fourth-order valence-corrected chi connectivity index (χ4v) is 2.22. The monoisotopic (exact) mass is 302 g/mol. The Morgan fingerprint density at radius 1 is 0.800 bits per heavy atom. The zero-order valence-corrected chi connectivity index (χ0v) is 10.7. The summed E-state index contributed by atoms with van der Waals surface area (Å²) in [4.78, 5) is -0.893. The predicted molar refractivity (Wildman–Crippen MR) is 66.7 cm³/mol. The summed E-state index contributed by atoms with van der Waals surface area (Å²) in [5.41, 5.74) is 0.657. The summed E-state index contributed by atoms with van der Waals surface area (Å²) in [5, 5.41) is 0. The standard InChI is InChI=1S/C14H7F5S/c15-13(16,14(17,18)19)12-9-8-11(20-12)7-6-10-4-2-1-3-5-10/h1-5,8-9H. The van der Waals surface area contributed by atoms with E-state index in [-0.39, 0.29) is 4.88 Å². The van der Waals surface area contributed by atoms with E-state index >= 15 is 0 Å². The highest BCUT2D eigenvalue weighted by molar-refractivity contribution is 7.12. The number of halogens is 5. The molecule has 6 heteroatoms.